The summed E-state index contributed by atoms with van der Waals surface area (Å²) in [5.41, 5.74) is 3.43. The number of carbonyl (C=O) groups excluding carboxylic acids is 2. The van der Waals surface area contributed by atoms with Gasteiger partial charge < -0.3 is 14.5 Å². The molecule has 31 heavy (non-hydrogen) atoms. The number of ether oxygens (including phenoxy) is 1. The second-order valence-electron chi connectivity index (χ2n) is 8.39. The minimum atomic E-state index is -0.166. The lowest BCUT2D eigenvalue weighted by Gasteiger charge is -2.37. The van der Waals surface area contributed by atoms with Crippen LogP contribution in [0.4, 0.5) is 0 Å². The van der Waals surface area contributed by atoms with Crippen LogP contribution in [0.1, 0.15) is 41.5 Å². The highest BCUT2D eigenvalue weighted by Gasteiger charge is 2.33. The standard InChI is InChI=1S/C25H32N2O3S/c1-6-11-26(25(29)17(2)3)15-24(28)27-12-9-23-20(10-13-31-23)21(27)16-30-22-8-7-18(4)14-19(22)5/h6-8,10,13-14,17,21H,1,9,11-12,15-16H2,2-5H3/t21-/m1/s1. The molecule has 2 heterocycles. The van der Waals surface area contributed by atoms with Crippen LogP contribution < -0.4 is 4.74 Å². The van der Waals surface area contributed by atoms with Crippen molar-refractivity contribution in [3.8, 4) is 5.75 Å². The topological polar surface area (TPSA) is 49.9 Å². The molecule has 0 saturated heterocycles. The first-order valence-corrected chi connectivity index (χ1v) is 11.6. The molecule has 1 atom stereocenters. The SMILES string of the molecule is C=CCN(CC(=O)N1CCc2sccc2[C@H]1COc1ccc(C)cc1C)C(=O)C(C)C. The lowest BCUT2D eigenvalue weighted by atomic mass is 10.00. The predicted molar refractivity (Wildman–Crippen MR) is 126 cm³/mol. The largest absolute Gasteiger partial charge is 0.491 e. The average Bonchev–Trinajstić information content (AvgIpc) is 3.21. The quantitative estimate of drug-likeness (QED) is 0.566. The van der Waals surface area contributed by atoms with E-state index in [0.717, 1.165) is 23.3 Å². The Kier molecular flexibility index (Phi) is 7.55. The summed E-state index contributed by atoms with van der Waals surface area (Å²) in [5, 5.41) is 2.08. The first kappa shape index (κ1) is 23.1. The highest BCUT2D eigenvalue weighted by Crippen LogP contribution is 2.34. The number of thiophene rings is 1. The molecule has 1 aromatic carbocycles. The van der Waals surface area contributed by atoms with Crippen molar-refractivity contribution in [2.45, 2.75) is 40.2 Å². The van der Waals surface area contributed by atoms with E-state index in [1.54, 1.807) is 22.3 Å². The Morgan fingerprint density at radius 1 is 1.32 bits per heavy atom. The van der Waals surface area contributed by atoms with Crippen molar-refractivity contribution in [3.63, 3.8) is 0 Å². The van der Waals surface area contributed by atoms with E-state index in [2.05, 4.69) is 31.0 Å². The summed E-state index contributed by atoms with van der Waals surface area (Å²) in [5.74, 6) is 0.580. The summed E-state index contributed by atoms with van der Waals surface area (Å²) < 4.78 is 6.19. The monoisotopic (exact) mass is 440 g/mol. The fourth-order valence-corrected chi connectivity index (χ4v) is 4.94. The number of aryl methyl sites for hydroxylation is 2. The maximum atomic E-state index is 13.3. The van der Waals surface area contributed by atoms with E-state index < -0.39 is 0 Å². The molecule has 0 bridgehead atoms. The van der Waals surface area contributed by atoms with E-state index in [4.69, 9.17) is 4.74 Å². The lowest BCUT2D eigenvalue weighted by Crippen LogP contribution is -2.48. The summed E-state index contributed by atoms with van der Waals surface area (Å²) >= 11 is 1.73. The van der Waals surface area contributed by atoms with Crippen LogP contribution in [-0.2, 0) is 16.0 Å². The molecule has 5 nitrogen and oxygen atoms in total. The van der Waals surface area contributed by atoms with E-state index in [-0.39, 0.29) is 30.3 Å². The summed E-state index contributed by atoms with van der Waals surface area (Å²) in [4.78, 5) is 30.6. The normalized spacial score (nSPS) is 15.5. The van der Waals surface area contributed by atoms with E-state index in [9.17, 15) is 9.59 Å². The molecule has 0 N–H and O–H groups in total. The Morgan fingerprint density at radius 3 is 2.77 bits per heavy atom. The van der Waals surface area contributed by atoms with Gasteiger partial charge in [-0.15, -0.1) is 17.9 Å². The first-order valence-electron chi connectivity index (χ1n) is 10.8. The predicted octanol–water partition coefficient (Wildman–Crippen LogP) is 4.54. The van der Waals surface area contributed by atoms with Gasteiger partial charge in [0.1, 0.15) is 18.9 Å². The highest BCUT2D eigenvalue weighted by molar-refractivity contribution is 7.10. The van der Waals surface area contributed by atoms with Gasteiger partial charge >= 0.3 is 0 Å². The summed E-state index contributed by atoms with van der Waals surface area (Å²) in [6, 6.07) is 8.05. The minimum Gasteiger partial charge on any atom is -0.491 e. The zero-order chi connectivity index (χ0) is 22.5. The number of carbonyl (C=O) groups is 2. The fraction of sp³-hybridized carbons (Fsp3) is 0.440. The third kappa shape index (κ3) is 5.37. The number of benzene rings is 1. The van der Waals surface area contributed by atoms with Crippen LogP contribution in [-0.4, -0.2) is 47.9 Å². The zero-order valence-electron chi connectivity index (χ0n) is 18.9. The molecule has 1 aliphatic rings. The van der Waals surface area contributed by atoms with Crippen LogP contribution in [0, 0.1) is 19.8 Å². The molecular weight excluding hydrogens is 408 g/mol. The number of hydrogen-bond acceptors (Lipinski definition) is 4. The van der Waals surface area contributed by atoms with Crippen LogP contribution in [0.2, 0.25) is 0 Å². The summed E-state index contributed by atoms with van der Waals surface area (Å²) in [7, 11) is 0. The number of rotatable bonds is 8. The van der Waals surface area contributed by atoms with Crippen LogP contribution in [0.15, 0.2) is 42.3 Å². The van der Waals surface area contributed by atoms with Crippen molar-refractivity contribution < 1.29 is 14.3 Å². The molecule has 0 aliphatic carbocycles. The molecule has 3 rings (SSSR count). The van der Waals surface area contributed by atoms with E-state index in [1.165, 1.54) is 10.4 Å². The molecule has 1 aromatic heterocycles. The maximum Gasteiger partial charge on any atom is 0.242 e. The second-order valence-corrected chi connectivity index (χ2v) is 9.39. The minimum absolute atomic E-state index is 0.0374. The average molecular weight is 441 g/mol. The Bertz CT molecular complexity index is 950. The van der Waals surface area contributed by atoms with Gasteiger partial charge in [-0.3, -0.25) is 9.59 Å². The van der Waals surface area contributed by atoms with Crippen molar-refractivity contribution in [2.24, 2.45) is 5.92 Å². The third-order valence-corrected chi connectivity index (χ3v) is 6.62. The van der Waals surface area contributed by atoms with E-state index >= 15 is 0 Å². The molecule has 2 aromatic rings. The number of hydrogen-bond donors (Lipinski definition) is 0. The highest BCUT2D eigenvalue weighted by atomic mass is 32.1. The van der Waals surface area contributed by atoms with Crippen LogP contribution in [0.3, 0.4) is 0 Å². The van der Waals surface area contributed by atoms with Crippen LogP contribution >= 0.6 is 11.3 Å². The molecular formula is C25H32N2O3S. The van der Waals surface area contributed by atoms with Gasteiger partial charge in [-0.2, -0.15) is 0 Å². The van der Waals surface area contributed by atoms with Gasteiger partial charge in [0.2, 0.25) is 11.8 Å². The fourth-order valence-electron chi connectivity index (χ4n) is 4.01. The van der Waals surface area contributed by atoms with Crippen LogP contribution in [0.5, 0.6) is 5.75 Å². The van der Waals surface area contributed by atoms with Gasteiger partial charge in [0.25, 0.3) is 0 Å². The van der Waals surface area contributed by atoms with Crippen molar-refractivity contribution >= 4 is 23.2 Å². The second kappa shape index (κ2) is 10.1. The van der Waals surface area contributed by atoms with Gasteiger partial charge in [0.15, 0.2) is 0 Å². The molecule has 166 valence electrons. The molecule has 0 spiro atoms. The van der Waals surface area contributed by atoms with Crippen molar-refractivity contribution in [1.82, 2.24) is 9.80 Å². The van der Waals surface area contributed by atoms with Crippen molar-refractivity contribution in [2.75, 3.05) is 26.2 Å². The Hall–Kier alpha value is -2.60. The first-order chi connectivity index (χ1) is 14.8. The summed E-state index contributed by atoms with van der Waals surface area (Å²) in [6.07, 6.45) is 2.50. The molecule has 6 heteroatoms. The molecule has 0 saturated carbocycles. The number of fused-ring (bicyclic) bond motifs is 1. The van der Waals surface area contributed by atoms with Gasteiger partial charge in [-0.25, -0.2) is 0 Å². The van der Waals surface area contributed by atoms with Crippen molar-refractivity contribution in [3.05, 3.63) is 63.9 Å². The zero-order valence-corrected chi connectivity index (χ0v) is 19.7. The number of amides is 2. The third-order valence-electron chi connectivity index (χ3n) is 5.62. The molecule has 0 radical (unpaired) electrons. The smallest absolute Gasteiger partial charge is 0.242 e. The molecule has 1 aliphatic heterocycles. The maximum absolute atomic E-state index is 13.3. The Labute approximate surface area is 189 Å². The van der Waals surface area contributed by atoms with Gasteiger partial charge in [0.05, 0.1) is 6.04 Å². The molecule has 0 unspecified atom stereocenters. The molecule has 0 fully saturated rings. The lowest BCUT2D eigenvalue weighted by molar-refractivity contribution is -0.143. The summed E-state index contributed by atoms with van der Waals surface area (Å²) in [6.45, 7) is 13.0. The Morgan fingerprint density at radius 2 is 2.10 bits per heavy atom. The number of nitrogens with zero attached hydrogens (tertiary/aromatic N) is 2. The van der Waals surface area contributed by atoms with Gasteiger partial charge in [-0.05, 0) is 48.9 Å². The van der Waals surface area contributed by atoms with Gasteiger partial charge in [-0.1, -0.05) is 37.6 Å². The molecule has 2 amide bonds. The van der Waals surface area contributed by atoms with Crippen molar-refractivity contribution in [1.29, 1.82) is 0 Å². The van der Waals surface area contributed by atoms with E-state index in [1.807, 2.05) is 37.8 Å². The van der Waals surface area contributed by atoms with E-state index in [0.29, 0.717) is 19.7 Å². The van der Waals surface area contributed by atoms with Gasteiger partial charge in [0, 0.05) is 23.9 Å². The Balaban J connectivity index is 1.79. The van der Waals surface area contributed by atoms with Crippen LogP contribution in [0.25, 0.3) is 0 Å².